The van der Waals surface area contributed by atoms with Crippen molar-refractivity contribution in [3.05, 3.63) is 0 Å². The van der Waals surface area contributed by atoms with Crippen LogP contribution in [-0.2, 0) is 9.59 Å². The van der Waals surface area contributed by atoms with E-state index in [2.05, 4.69) is 5.32 Å². The van der Waals surface area contributed by atoms with E-state index in [4.69, 9.17) is 5.11 Å². The Bertz CT molecular complexity index is 358. The number of aliphatic carboxylic acids is 1. The Labute approximate surface area is 114 Å². The van der Waals surface area contributed by atoms with E-state index in [1.165, 1.54) is 0 Å². The van der Waals surface area contributed by atoms with Crippen molar-refractivity contribution in [3.8, 4) is 0 Å². The molecule has 0 aromatic rings. The zero-order valence-corrected chi connectivity index (χ0v) is 11.8. The van der Waals surface area contributed by atoms with Gasteiger partial charge in [0.1, 0.15) is 6.54 Å². The third-order valence-corrected chi connectivity index (χ3v) is 4.42. The number of piperidine rings is 1. The molecule has 0 aromatic heterocycles. The van der Waals surface area contributed by atoms with Crippen LogP contribution in [0.1, 0.15) is 39.5 Å². The molecule has 108 valence electrons. The van der Waals surface area contributed by atoms with Crippen LogP contribution in [0.3, 0.4) is 0 Å². The lowest BCUT2D eigenvalue weighted by Gasteiger charge is -2.39. The van der Waals surface area contributed by atoms with E-state index >= 15 is 0 Å². The van der Waals surface area contributed by atoms with Crippen molar-refractivity contribution in [2.24, 2.45) is 11.3 Å². The summed E-state index contributed by atoms with van der Waals surface area (Å²) in [7, 11) is 0. The smallest absolute Gasteiger partial charge is 0.323 e. The van der Waals surface area contributed by atoms with Crippen LogP contribution in [0.4, 0.5) is 0 Å². The lowest BCUT2D eigenvalue weighted by molar-refractivity contribution is -0.151. The first-order chi connectivity index (χ1) is 8.93. The number of hydrogen-bond donors (Lipinski definition) is 2. The molecule has 1 heterocycles. The van der Waals surface area contributed by atoms with Gasteiger partial charge in [0.25, 0.3) is 0 Å². The van der Waals surface area contributed by atoms with Crippen molar-refractivity contribution in [3.63, 3.8) is 0 Å². The van der Waals surface area contributed by atoms with Crippen LogP contribution in [0, 0.1) is 11.3 Å². The maximum atomic E-state index is 12.7. The lowest BCUT2D eigenvalue weighted by Crippen LogP contribution is -2.50. The highest BCUT2D eigenvalue weighted by atomic mass is 16.4. The van der Waals surface area contributed by atoms with Gasteiger partial charge in [0.2, 0.25) is 5.91 Å². The molecule has 5 heteroatoms. The molecule has 2 fully saturated rings. The van der Waals surface area contributed by atoms with Crippen LogP contribution in [0.5, 0.6) is 0 Å². The third kappa shape index (κ3) is 3.26. The van der Waals surface area contributed by atoms with E-state index < -0.39 is 11.4 Å². The van der Waals surface area contributed by atoms with E-state index in [-0.39, 0.29) is 18.5 Å². The number of rotatable bonds is 5. The Morgan fingerprint density at radius 2 is 2.00 bits per heavy atom. The minimum atomic E-state index is -0.919. The molecule has 1 saturated heterocycles. The predicted molar refractivity (Wildman–Crippen MR) is 71.7 cm³/mol. The van der Waals surface area contributed by atoms with Crippen molar-refractivity contribution in [2.45, 2.75) is 45.6 Å². The predicted octanol–water partition coefficient (Wildman–Crippen LogP) is 1.09. The highest BCUT2D eigenvalue weighted by Gasteiger charge is 2.44. The standard InChI is InChI=1S/C14H24N2O3/c1-14(2,10-4-3-7-15-8-10)13(19)16(9-12(17)18)11-5-6-11/h10-11,15H,3-9H2,1-2H3,(H,17,18). The summed E-state index contributed by atoms with van der Waals surface area (Å²) < 4.78 is 0. The highest BCUT2D eigenvalue weighted by Crippen LogP contribution is 2.37. The van der Waals surface area contributed by atoms with Gasteiger partial charge in [0.15, 0.2) is 0 Å². The van der Waals surface area contributed by atoms with Crippen LogP contribution in [-0.4, -0.2) is 47.6 Å². The van der Waals surface area contributed by atoms with Gasteiger partial charge in [0, 0.05) is 11.5 Å². The molecular formula is C14H24N2O3. The topological polar surface area (TPSA) is 69.6 Å². The molecule has 1 saturated carbocycles. The zero-order chi connectivity index (χ0) is 14.0. The number of amides is 1. The molecule has 0 spiro atoms. The van der Waals surface area contributed by atoms with Gasteiger partial charge in [-0.15, -0.1) is 0 Å². The summed E-state index contributed by atoms with van der Waals surface area (Å²) in [6.45, 7) is 5.63. The van der Waals surface area contributed by atoms with E-state index in [1.54, 1.807) is 4.90 Å². The Morgan fingerprint density at radius 1 is 1.32 bits per heavy atom. The molecule has 5 nitrogen and oxygen atoms in total. The fourth-order valence-electron chi connectivity index (χ4n) is 2.91. The van der Waals surface area contributed by atoms with E-state index in [0.29, 0.717) is 5.92 Å². The molecule has 1 atom stereocenters. The maximum Gasteiger partial charge on any atom is 0.323 e. The summed E-state index contributed by atoms with van der Waals surface area (Å²) in [5, 5.41) is 12.3. The fourth-order valence-corrected chi connectivity index (χ4v) is 2.91. The van der Waals surface area contributed by atoms with Crippen molar-refractivity contribution in [1.82, 2.24) is 10.2 Å². The van der Waals surface area contributed by atoms with Gasteiger partial charge in [0.05, 0.1) is 0 Å². The lowest BCUT2D eigenvalue weighted by atomic mass is 9.74. The van der Waals surface area contributed by atoms with Gasteiger partial charge in [-0.05, 0) is 44.7 Å². The van der Waals surface area contributed by atoms with Gasteiger partial charge >= 0.3 is 5.97 Å². The third-order valence-electron chi connectivity index (χ3n) is 4.42. The van der Waals surface area contributed by atoms with E-state index in [1.807, 2.05) is 13.8 Å². The second-order valence-electron chi connectivity index (χ2n) is 6.32. The average molecular weight is 268 g/mol. The number of nitrogens with one attached hydrogen (secondary N) is 1. The molecule has 2 N–H and O–H groups in total. The Hall–Kier alpha value is -1.10. The second-order valence-corrected chi connectivity index (χ2v) is 6.32. The molecule has 1 unspecified atom stereocenters. The number of carboxylic acid groups (broad SMARTS) is 1. The summed E-state index contributed by atoms with van der Waals surface area (Å²) in [6.07, 6.45) is 4.01. The monoisotopic (exact) mass is 268 g/mol. The van der Waals surface area contributed by atoms with Crippen LogP contribution in [0.15, 0.2) is 0 Å². The van der Waals surface area contributed by atoms with Gasteiger partial charge < -0.3 is 15.3 Å². The summed E-state index contributed by atoms with van der Waals surface area (Å²) >= 11 is 0. The molecule has 0 aromatic carbocycles. The maximum absolute atomic E-state index is 12.7. The first kappa shape index (κ1) is 14.3. The molecule has 1 aliphatic heterocycles. The molecule has 0 radical (unpaired) electrons. The first-order valence-corrected chi connectivity index (χ1v) is 7.16. The van der Waals surface area contributed by atoms with Crippen molar-refractivity contribution in [1.29, 1.82) is 0 Å². The molecular weight excluding hydrogens is 244 g/mol. The molecule has 0 bridgehead atoms. The minimum Gasteiger partial charge on any atom is -0.480 e. The molecule has 1 aliphatic carbocycles. The van der Waals surface area contributed by atoms with Crippen LogP contribution in [0.2, 0.25) is 0 Å². The summed E-state index contributed by atoms with van der Waals surface area (Å²) in [5.74, 6) is -0.618. The summed E-state index contributed by atoms with van der Waals surface area (Å²) in [5.41, 5.74) is -0.481. The van der Waals surface area contributed by atoms with Crippen molar-refractivity contribution in [2.75, 3.05) is 19.6 Å². The number of carbonyl (C=O) groups excluding carboxylic acids is 1. The molecule has 19 heavy (non-hydrogen) atoms. The SMILES string of the molecule is CC(C)(C(=O)N(CC(=O)O)C1CC1)C1CCCNC1. The number of carboxylic acids is 1. The van der Waals surface area contributed by atoms with E-state index in [9.17, 15) is 9.59 Å². The van der Waals surface area contributed by atoms with Crippen LogP contribution in [0.25, 0.3) is 0 Å². The minimum absolute atomic E-state index is 0.00565. The largest absolute Gasteiger partial charge is 0.480 e. The van der Waals surface area contributed by atoms with Crippen LogP contribution < -0.4 is 5.32 Å². The number of carbonyl (C=O) groups is 2. The van der Waals surface area contributed by atoms with Gasteiger partial charge in [-0.2, -0.15) is 0 Å². The van der Waals surface area contributed by atoms with Gasteiger partial charge in [-0.3, -0.25) is 9.59 Å². The summed E-state index contributed by atoms with van der Waals surface area (Å²) in [6, 6.07) is 0.152. The van der Waals surface area contributed by atoms with Crippen LogP contribution >= 0.6 is 0 Å². The second kappa shape index (κ2) is 5.49. The Morgan fingerprint density at radius 3 is 2.47 bits per heavy atom. The zero-order valence-electron chi connectivity index (χ0n) is 11.8. The molecule has 2 rings (SSSR count). The van der Waals surface area contributed by atoms with Gasteiger partial charge in [-0.1, -0.05) is 13.8 Å². The summed E-state index contributed by atoms with van der Waals surface area (Å²) in [4.78, 5) is 25.2. The number of nitrogens with zero attached hydrogens (tertiary/aromatic N) is 1. The number of hydrogen-bond acceptors (Lipinski definition) is 3. The van der Waals surface area contributed by atoms with Crippen molar-refractivity contribution >= 4 is 11.9 Å². The molecule has 1 amide bonds. The Kier molecular flexibility index (Phi) is 4.13. The van der Waals surface area contributed by atoms with E-state index in [0.717, 1.165) is 38.8 Å². The normalized spacial score (nSPS) is 24.0. The Balaban J connectivity index is 2.07. The highest BCUT2D eigenvalue weighted by molar-refractivity contribution is 5.86. The first-order valence-electron chi connectivity index (χ1n) is 7.16. The van der Waals surface area contributed by atoms with Crippen molar-refractivity contribution < 1.29 is 14.7 Å². The molecule has 2 aliphatic rings. The average Bonchev–Trinajstić information content (AvgIpc) is 3.20. The fraction of sp³-hybridized carbons (Fsp3) is 0.857. The quantitative estimate of drug-likeness (QED) is 0.783. The van der Waals surface area contributed by atoms with Gasteiger partial charge in [-0.25, -0.2) is 0 Å².